The maximum absolute atomic E-state index is 15.1. The highest BCUT2D eigenvalue weighted by Crippen LogP contribution is 2.32. The average molecular weight is 433 g/mol. The van der Waals surface area contributed by atoms with Crippen molar-refractivity contribution in [3.8, 4) is 22.6 Å². The van der Waals surface area contributed by atoms with E-state index in [0.29, 0.717) is 0 Å². The van der Waals surface area contributed by atoms with Gasteiger partial charge >= 0.3 is 0 Å². The molecule has 0 aliphatic carbocycles. The molecule has 0 aromatic heterocycles. The van der Waals surface area contributed by atoms with E-state index >= 15 is 4.39 Å². The predicted octanol–water partition coefficient (Wildman–Crippen LogP) is 5.50. The Bertz CT molecular complexity index is 1120. The molecule has 162 valence electrons. The number of halogens is 4. The van der Waals surface area contributed by atoms with Gasteiger partial charge in [0, 0.05) is 17.7 Å². The Hall–Kier alpha value is -3.55. The van der Waals surface area contributed by atoms with Crippen molar-refractivity contribution in [3.63, 3.8) is 0 Å². The van der Waals surface area contributed by atoms with E-state index in [2.05, 4.69) is 5.32 Å². The van der Waals surface area contributed by atoms with Crippen LogP contribution in [0.25, 0.3) is 11.1 Å². The standard InChI is InChI=1S/C23H19F4NO3/c1-13(29)12-31-20-7-6-19(25)23(22(20)27)28-11-15-9-17(30-2)10-18(21(15)26)14-4-3-5-16(24)8-14/h3-10,28H,11-12H2,1-2H3. The summed E-state index contributed by atoms with van der Waals surface area (Å²) in [6.07, 6.45) is 0. The number of anilines is 1. The first-order chi connectivity index (χ1) is 14.8. The van der Waals surface area contributed by atoms with Gasteiger partial charge in [-0.2, -0.15) is 0 Å². The first-order valence-corrected chi connectivity index (χ1v) is 9.26. The fraction of sp³-hybridized carbons (Fsp3) is 0.174. The molecule has 0 aliphatic rings. The number of rotatable bonds is 8. The minimum absolute atomic E-state index is 0.0486. The Balaban J connectivity index is 1.92. The van der Waals surface area contributed by atoms with Crippen LogP contribution in [0.4, 0.5) is 23.2 Å². The molecule has 3 aromatic carbocycles. The van der Waals surface area contributed by atoms with Crippen LogP contribution in [0.1, 0.15) is 12.5 Å². The molecule has 1 N–H and O–H groups in total. The van der Waals surface area contributed by atoms with Crippen LogP contribution in [-0.2, 0) is 11.3 Å². The lowest BCUT2D eigenvalue weighted by Gasteiger charge is -2.15. The summed E-state index contributed by atoms with van der Waals surface area (Å²) >= 11 is 0. The Kier molecular flexibility index (Phi) is 6.79. The lowest BCUT2D eigenvalue weighted by Crippen LogP contribution is -2.10. The SMILES string of the molecule is COc1cc(CNc2c(F)ccc(OCC(C)=O)c2F)c(F)c(-c2cccc(F)c2)c1. The molecule has 0 fully saturated rings. The maximum atomic E-state index is 15.1. The number of hydrogen-bond acceptors (Lipinski definition) is 4. The zero-order valence-electron chi connectivity index (χ0n) is 16.8. The summed E-state index contributed by atoms with van der Waals surface area (Å²) in [5, 5.41) is 2.52. The van der Waals surface area contributed by atoms with E-state index < -0.39 is 29.0 Å². The quantitative estimate of drug-likeness (QED) is 0.477. The number of ether oxygens (including phenoxy) is 2. The van der Waals surface area contributed by atoms with Crippen molar-refractivity contribution in [1.29, 1.82) is 0 Å². The fourth-order valence-corrected chi connectivity index (χ4v) is 2.94. The number of methoxy groups -OCH3 is 1. The van der Waals surface area contributed by atoms with Crippen LogP contribution < -0.4 is 14.8 Å². The van der Waals surface area contributed by atoms with Crippen molar-refractivity contribution >= 4 is 11.5 Å². The Morgan fingerprint density at radius 1 is 1.00 bits per heavy atom. The number of ketones is 1. The highest BCUT2D eigenvalue weighted by atomic mass is 19.1. The third kappa shape index (κ3) is 5.14. The molecule has 8 heteroatoms. The summed E-state index contributed by atoms with van der Waals surface area (Å²) < 4.78 is 67.7. The average Bonchev–Trinajstić information content (AvgIpc) is 2.74. The smallest absolute Gasteiger partial charge is 0.191 e. The fourth-order valence-electron chi connectivity index (χ4n) is 2.94. The molecule has 0 amide bonds. The van der Waals surface area contributed by atoms with Crippen LogP contribution in [0, 0.1) is 23.3 Å². The van der Waals surface area contributed by atoms with Crippen LogP contribution in [-0.4, -0.2) is 19.5 Å². The van der Waals surface area contributed by atoms with Gasteiger partial charge in [-0.05, 0) is 48.9 Å². The molecular formula is C23H19F4NO3. The van der Waals surface area contributed by atoms with Gasteiger partial charge in [0.25, 0.3) is 0 Å². The van der Waals surface area contributed by atoms with Crippen molar-refractivity contribution < 1.29 is 31.8 Å². The van der Waals surface area contributed by atoms with Crippen molar-refractivity contribution in [1.82, 2.24) is 0 Å². The van der Waals surface area contributed by atoms with Crippen LogP contribution in [0.15, 0.2) is 48.5 Å². The molecule has 0 heterocycles. The zero-order chi connectivity index (χ0) is 22.5. The molecule has 0 unspecified atom stereocenters. The molecule has 3 aromatic rings. The molecular weight excluding hydrogens is 414 g/mol. The Morgan fingerprint density at radius 3 is 2.45 bits per heavy atom. The Labute approximate surface area is 176 Å². The van der Waals surface area contributed by atoms with Crippen molar-refractivity contribution in [2.75, 3.05) is 19.0 Å². The second-order valence-electron chi connectivity index (χ2n) is 6.74. The summed E-state index contributed by atoms with van der Waals surface area (Å²) in [5.74, 6) is -3.55. The molecule has 0 saturated carbocycles. The number of hydrogen-bond donors (Lipinski definition) is 1. The van der Waals surface area contributed by atoms with E-state index in [-0.39, 0.29) is 47.1 Å². The number of benzene rings is 3. The topological polar surface area (TPSA) is 47.6 Å². The van der Waals surface area contributed by atoms with Crippen molar-refractivity contribution in [2.45, 2.75) is 13.5 Å². The minimum Gasteiger partial charge on any atom is -0.497 e. The number of Topliss-reactive ketones (excluding diaryl/α,β-unsaturated/α-hetero) is 1. The lowest BCUT2D eigenvalue weighted by atomic mass is 10.0. The first-order valence-electron chi connectivity index (χ1n) is 9.26. The van der Waals surface area contributed by atoms with E-state index in [0.717, 1.165) is 12.1 Å². The highest BCUT2D eigenvalue weighted by molar-refractivity contribution is 5.77. The molecule has 3 rings (SSSR count). The first kappa shape index (κ1) is 22.1. The third-order valence-electron chi connectivity index (χ3n) is 4.44. The number of carbonyl (C=O) groups is 1. The van der Waals surface area contributed by atoms with Gasteiger partial charge in [-0.1, -0.05) is 12.1 Å². The van der Waals surface area contributed by atoms with E-state index in [1.807, 2.05) is 0 Å². The molecule has 0 atom stereocenters. The molecule has 0 aliphatic heterocycles. The normalized spacial score (nSPS) is 10.6. The van der Waals surface area contributed by atoms with Crippen molar-refractivity contribution in [3.05, 3.63) is 77.4 Å². The van der Waals surface area contributed by atoms with Gasteiger partial charge in [-0.15, -0.1) is 0 Å². The molecule has 31 heavy (non-hydrogen) atoms. The largest absolute Gasteiger partial charge is 0.497 e. The van der Waals surface area contributed by atoms with E-state index in [1.54, 1.807) is 0 Å². The summed E-state index contributed by atoms with van der Waals surface area (Å²) in [5.41, 5.74) is -0.118. The van der Waals surface area contributed by atoms with Gasteiger partial charge in [0.15, 0.2) is 17.3 Å². The lowest BCUT2D eigenvalue weighted by molar-refractivity contribution is -0.118. The maximum Gasteiger partial charge on any atom is 0.191 e. The molecule has 0 saturated heterocycles. The zero-order valence-corrected chi connectivity index (χ0v) is 16.8. The summed E-state index contributed by atoms with van der Waals surface area (Å²) in [6, 6.07) is 10.2. The Morgan fingerprint density at radius 2 is 1.77 bits per heavy atom. The van der Waals surface area contributed by atoms with Gasteiger partial charge in [0.05, 0.1) is 7.11 Å². The van der Waals surface area contributed by atoms with Crippen LogP contribution >= 0.6 is 0 Å². The van der Waals surface area contributed by atoms with Crippen LogP contribution in [0.5, 0.6) is 11.5 Å². The minimum atomic E-state index is -1.05. The monoisotopic (exact) mass is 433 g/mol. The van der Waals surface area contributed by atoms with Crippen molar-refractivity contribution in [2.24, 2.45) is 0 Å². The van der Waals surface area contributed by atoms with Gasteiger partial charge in [0.1, 0.15) is 35.5 Å². The van der Waals surface area contributed by atoms with Gasteiger partial charge in [0.2, 0.25) is 0 Å². The predicted molar refractivity (Wildman–Crippen MR) is 108 cm³/mol. The van der Waals surface area contributed by atoms with Gasteiger partial charge in [-0.3, -0.25) is 4.79 Å². The van der Waals surface area contributed by atoms with E-state index in [1.165, 1.54) is 50.4 Å². The molecule has 0 radical (unpaired) electrons. The number of carbonyl (C=O) groups excluding carboxylic acids is 1. The highest BCUT2D eigenvalue weighted by Gasteiger charge is 2.18. The van der Waals surface area contributed by atoms with Crippen LogP contribution in [0.2, 0.25) is 0 Å². The summed E-state index contributed by atoms with van der Waals surface area (Å²) in [7, 11) is 1.38. The van der Waals surface area contributed by atoms with E-state index in [4.69, 9.17) is 9.47 Å². The second-order valence-corrected chi connectivity index (χ2v) is 6.74. The summed E-state index contributed by atoms with van der Waals surface area (Å²) in [4.78, 5) is 11.0. The van der Waals surface area contributed by atoms with Crippen LogP contribution in [0.3, 0.4) is 0 Å². The second kappa shape index (κ2) is 9.51. The molecule has 0 spiro atoms. The molecule has 0 bridgehead atoms. The van der Waals surface area contributed by atoms with Gasteiger partial charge < -0.3 is 14.8 Å². The van der Waals surface area contributed by atoms with E-state index in [9.17, 15) is 18.0 Å². The number of nitrogens with one attached hydrogen (secondary N) is 1. The van der Waals surface area contributed by atoms with Gasteiger partial charge in [-0.25, -0.2) is 17.6 Å². The summed E-state index contributed by atoms with van der Waals surface area (Å²) in [6.45, 7) is 0.598. The third-order valence-corrected chi connectivity index (χ3v) is 4.44. The molecule has 4 nitrogen and oxygen atoms in total.